The second-order valence-corrected chi connectivity index (χ2v) is 0.725. The first-order valence-corrected chi connectivity index (χ1v) is 2.68. The number of hydrogen-bond donors (Lipinski definition) is 1. The van der Waals surface area contributed by atoms with Crippen LogP contribution in [-0.4, -0.2) is 11.9 Å². The van der Waals surface area contributed by atoms with Crippen LogP contribution in [0.2, 0.25) is 0 Å². The third-order valence-corrected chi connectivity index (χ3v) is 0.129. The van der Waals surface area contributed by atoms with Crippen molar-refractivity contribution in [2.24, 2.45) is 0 Å². The molecule has 0 saturated carbocycles. The summed E-state index contributed by atoms with van der Waals surface area (Å²) in [6.45, 7) is 2.08. The molecule has 0 aliphatic heterocycles. The minimum atomic E-state index is -1.81. The average molecular weight is 145 g/mol. The van der Waals surface area contributed by atoms with Crippen molar-refractivity contribution < 1.29 is 33.7 Å². The summed E-state index contributed by atoms with van der Waals surface area (Å²) in [5, 5.41) is 7.38. The van der Waals surface area contributed by atoms with E-state index in [9.17, 15) is 0 Å². The Bertz CT molecular complexity index is 45.7. The maximum absolute atomic E-state index is 8.47. The third-order valence-electron chi connectivity index (χ3n) is 0.129. The van der Waals surface area contributed by atoms with Gasteiger partial charge in [0.15, 0.2) is 0 Å². The zero-order chi connectivity index (χ0) is 6.12. The Morgan fingerprint density at radius 3 is 1.86 bits per heavy atom. The van der Waals surface area contributed by atoms with E-state index in [1.54, 1.807) is 6.92 Å². The molecule has 0 rings (SSSR count). The molecule has 0 aliphatic carbocycles. The summed E-state index contributed by atoms with van der Waals surface area (Å²) in [6.07, 6.45) is 0. The minimum absolute atomic E-state index is 0.375. The first-order chi connectivity index (χ1) is 3.33. The zero-order valence-corrected chi connectivity index (χ0v) is 5.22. The van der Waals surface area contributed by atoms with E-state index < -0.39 is 16.2 Å². The molecule has 0 radical (unpaired) electrons. The zero-order valence-electron chi connectivity index (χ0n) is 3.83. The molecule has 0 fully saturated rings. The van der Waals surface area contributed by atoms with E-state index in [2.05, 4.69) is 4.89 Å². The molecule has 0 bridgehead atoms. The fourth-order valence-electron chi connectivity index (χ4n) is 0. The van der Waals surface area contributed by atoms with E-state index in [-0.39, 0.29) is 0 Å². The van der Waals surface area contributed by atoms with Gasteiger partial charge in [-0.05, 0) is 6.92 Å². The monoisotopic (exact) mass is 145 g/mol. The van der Waals surface area contributed by atoms with Crippen molar-refractivity contribution in [2.75, 3.05) is 6.61 Å². The predicted octanol–water partition coefficient (Wildman–Crippen LogP) is 0.256. The van der Waals surface area contributed by atoms with Gasteiger partial charge in [0, 0.05) is 0 Å². The second-order valence-electron chi connectivity index (χ2n) is 0.492. The van der Waals surface area contributed by atoms with Crippen molar-refractivity contribution >= 4 is 0 Å². The summed E-state index contributed by atoms with van der Waals surface area (Å²) >= 11 is -1.81. The fourth-order valence-corrected chi connectivity index (χ4v) is 0. The Labute approximate surface area is 47.9 Å². The quantitative estimate of drug-likeness (QED) is 0.424. The molecule has 0 aromatic carbocycles. The van der Waals surface area contributed by atoms with Crippen molar-refractivity contribution in [1.29, 1.82) is 0 Å². The van der Waals surface area contributed by atoms with Crippen LogP contribution in [0.1, 0.15) is 6.92 Å². The van der Waals surface area contributed by atoms with Gasteiger partial charge < -0.3 is 0 Å². The van der Waals surface area contributed by atoms with Crippen molar-refractivity contribution in [1.82, 2.24) is 0 Å². The normalized spacial score (nSPS) is 5.43. The number of hydrogen-bond acceptors (Lipinski definition) is 4. The average Bonchev–Trinajstić information content (AvgIpc) is 1.69. The molecule has 0 spiro atoms. The summed E-state index contributed by atoms with van der Waals surface area (Å²) in [5.41, 5.74) is 0. The molecule has 4 nitrogen and oxygen atoms in total. The van der Waals surface area contributed by atoms with E-state index >= 15 is 0 Å². The van der Waals surface area contributed by atoms with Gasteiger partial charge in [-0.15, -0.1) is 0 Å². The van der Waals surface area contributed by atoms with Crippen LogP contribution in [0.4, 0.5) is 0 Å². The maximum atomic E-state index is 8.47. The van der Waals surface area contributed by atoms with Crippen LogP contribution in [-0.2, 0) is 28.4 Å². The molecule has 0 heterocycles. The van der Waals surface area contributed by atoms with E-state index in [0.717, 1.165) is 0 Å². The Hall–Kier alpha value is 0.104. The molecule has 7 heavy (non-hydrogen) atoms. The predicted molar refractivity (Wildman–Crippen MR) is 15.6 cm³/mol. The van der Waals surface area contributed by atoms with Crippen molar-refractivity contribution in [2.45, 2.75) is 6.92 Å². The van der Waals surface area contributed by atoms with Gasteiger partial charge in [0.25, 0.3) is 0 Å². The summed E-state index contributed by atoms with van der Waals surface area (Å²) in [4.78, 5) is 3.54. The van der Waals surface area contributed by atoms with Crippen LogP contribution in [0.3, 0.4) is 0 Å². The van der Waals surface area contributed by atoms with Gasteiger partial charge in [-0.1, -0.05) is 0 Å². The van der Waals surface area contributed by atoms with Crippen molar-refractivity contribution in [3.63, 3.8) is 0 Å². The van der Waals surface area contributed by atoms with E-state index in [0.29, 0.717) is 6.61 Å². The van der Waals surface area contributed by atoms with Crippen LogP contribution in [0.15, 0.2) is 0 Å². The van der Waals surface area contributed by atoms with E-state index in [4.69, 9.17) is 12.6 Å². The molecule has 0 amide bonds. The van der Waals surface area contributed by atoms with Crippen molar-refractivity contribution in [3.05, 3.63) is 0 Å². The van der Waals surface area contributed by atoms with Gasteiger partial charge in [-0.2, -0.15) is 0 Å². The van der Waals surface area contributed by atoms with Crippen molar-refractivity contribution in [3.8, 4) is 0 Å². The molecule has 5 heteroatoms. The first kappa shape index (κ1) is 10.2. The van der Waals surface area contributed by atoms with Gasteiger partial charge in [-0.25, -0.2) is 4.89 Å². The van der Waals surface area contributed by atoms with Gasteiger partial charge in [0.2, 0.25) is 0 Å². The molecule has 0 atom stereocenters. The second kappa shape index (κ2) is 16.5. The van der Waals surface area contributed by atoms with Crippen LogP contribution >= 0.6 is 0 Å². The fraction of sp³-hybridized carbons (Fsp3) is 1.00. The van der Waals surface area contributed by atoms with Crippen LogP contribution in [0, 0.1) is 0 Å². The summed E-state index contributed by atoms with van der Waals surface area (Å²) in [5.74, 6) is 0. The standard InChI is InChI=1S/C2H6O2.2O.V/c1-2-4-3;;;/h3H,2H2,1H3;;;. The molecule has 0 aliphatic rings. The first-order valence-electron chi connectivity index (χ1n) is 1.54. The Balaban J connectivity index is 0. The Morgan fingerprint density at radius 1 is 1.71 bits per heavy atom. The molecule has 0 saturated heterocycles. The Morgan fingerprint density at radius 2 is 1.86 bits per heavy atom. The summed E-state index contributed by atoms with van der Waals surface area (Å²) < 4.78 is 16.9. The van der Waals surface area contributed by atoms with Gasteiger partial charge in [0.05, 0.1) is 6.61 Å². The van der Waals surface area contributed by atoms with Gasteiger partial charge >= 0.3 is 23.5 Å². The third kappa shape index (κ3) is 84.3. The molecular formula is C2H6O4V. The van der Waals surface area contributed by atoms with Crippen LogP contribution in [0.5, 0.6) is 0 Å². The topological polar surface area (TPSA) is 63.6 Å². The van der Waals surface area contributed by atoms with Crippen LogP contribution < -0.4 is 0 Å². The van der Waals surface area contributed by atoms with Gasteiger partial charge in [0.1, 0.15) is 0 Å². The molecule has 43 valence electrons. The van der Waals surface area contributed by atoms with Gasteiger partial charge in [-0.3, -0.25) is 5.26 Å². The molecule has 0 aromatic heterocycles. The van der Waals surface area contributed by atoms with E-state index in [1.807, 2.05) is 0 Å². The Kier molecular flexibility index (Phi) is 24.0. The molecule has 1 N–H and O–H groups in total. The number of rotatable bonds is 1. The van der Waals surface area contributed by atoms with Crippen LogP contribution in [0.25, 0.3) is 0 Å². The summed E-state index contributed by atoms with van der Waals surface area (Å²) in [6, 6.07) is 0. The molecule has 0 aromatic rings. The molecule has 0 unspecified atom stereocenters. The summed E-state index contributed by atoms with van der Waals surface area (Å²) in [7, 11) is 0. The van der Waals surface area contributed by atoms with E-state index in [1.165, 1.54) is 0 Å². The molecular weight excluding hydrogens is 139 g/mol. The SMILES string of the molecule is CCOO.[O]=[V]=[O].